The van der Waals surface area contributed by atoms with Gasteiger partial charge in [-0.05, 0) is 202 Å². The van der Waals surface area contributed by atoms with Crippen LogP contribution in [0.5, 0.6) is 0 Å². The van der Waals surface area contributed by atoms with Crippen LogP contribution in [0, 0.1) is 24.4 Å². The number of hydrogen-bond donors (Lipinski definition) is 4. The van der Waals surface area contributed by atoms with E-state index in [9.17, 15) is 85.1 Å². The highest BCUT2D eigenvalue weighted by atomic mass is 19.4. The lowest BCUT2D eigenvalue weighted by Crippen LogP contribution is -2.64. The molecule has 0 unspecified atom stereocenters. The van der Waals surface area contributed by atoms with E-state index < -0.39 is 68.0 Å². The molecule has 0 saturated carbocycles. The van der Waals surface area contributed by atoms with Crippen LogP contribution in [0.1, 0.15) is 265 Å². The normalized spacial score (nSPS) is 16.3. The van der Waals surface area contributed by atoms with Crippen LogP contribution in [0.15, 0.2) is 140 Å². The number of aliphatic hydroxyl groups is 4. The highest BCUT2D eigenvalue weighted by molar-refractivity contribution is 5.97. The third kappa shape index (κ3) is 23.1. The number of hydrogen-bond acceptors (Lipinski definition) is 20. The molecule has 12 aromatic rings. The van der Waals surface area contributed by atoms with E-state index >= 15 is 0 Å². The second-order valence-corrected chi connectivity index (χ2v) is 43.4. The molecule has 0 radical (unpaired) electrons. The van der Waals surface area contributed by atoms with E-state index in [4.69, 9.17) is 10.1 Å². The van der Waals surface area contributed by atoms with Gasteiger partial charge in [-0.1, -0.05) is 116 Å². The van der Waals surface area contributed by atoms with Crippen molar-refractivity contribution in [2.45, 2.75) is 248 Å². The fourth-order valence-electron chi connectivity index (χ4n) is 18.5. The first-order valence-electron chi connectivity index (χ1n) is 48.2. The Hall–Kier alpha value is -13.5. The number of rotatable bonds is 16. The van der Waals surface area contributed by atoms with E-state index in [1.54, 1.807) is 97.6 Å². The van der Waals surface area contributed by atoms with E-state index in [0.29, 0.717) is 127 Å². The predicted octanol–water partition coefficient (Wildman–Crippen LogP) is 15.2. The van der Waals surface area contributed by atoms with Gasteiger partial charge < -0.3 is 59.6 Å². The topological polar surface area (TPSA) is 364 Å². The number of alkyl halides is 3. The number of aromatic nitrogens is 12. The van der Waals surface area contributed by atoms with Gasteiger partial charge in [-0.15, -0.1) is 0 Å². The van der Waals surface area contributed by atoms with Crippen molar-refractivity contribution in [3.63, 3.8) is 0 Å². The van der Waals surface area contributed by atoms with Crippen LogP contribution in [-0.2, 0) is 25.4 Å². The molecule has 144 heavy (non-hydrogen) atoms. The van der Waals surface area contributed by atoms with Crippen LogP contribution in [0.4, 0.5) is 26.3 Å². The summed E-state index contributed by atoms with van der Waals surface area (Å²) in [7, 11) is 0. The molecule has 8 aromatic heterocycles. The molecular formula is C106H130F6N20O12. The number of benzene rings is 4. The minimum Gasteiger partial charge on any atom is -0.381 e. The fourth-order valence-corrected chi connectivity index (χ4v) is 18.5. The molecule has 768 valence electrons. The summed E-state index contributed by atoms with van der Waals surface area (Å²) in [5.41, 5.74) is 1.97. The van der Waals surface area contributed by atoms with Crippen LogP contribution < -0.4 is 0 Å². The third-order valence-electron chi connectivity index (χ3n) is 26.2. The molecule has 4 N–H and O–H groups in total. The Kier molecular flexibility index (Phi) is 30.2. The minimum atomic E-state index is -4.82. The summed E-state index contributed by atoms with van der Waals surface area (Å²) in [4.78, 5) is 136. The number of imidazole rings is 4. The lowest BCUT2D eigenvalue weighted by atomic mass is 9.96. The van der Waals surface area contributed by atoms with Crippen molar-refractivity contribution in [1.82, 2.24) is 97.6 Å². The molecular weight excluding hydrogens is 1860 g/mol. The van der Waals surface area contributed by atoms with Crippen molar-refractivity contribution in [2.75, 3.05) is 78.5 Å². The van der Waals surface area contributed by atoms with Gasteiger partial charge in [-0.2, -0.15) is 33.6 Å². The molecule has 4 aliphatic heterocycles. The summed E-state index contributed by atoms with van der Waals surface area (Å²) in [6, 6.07) is 31.3. The fraction of sp³-hybridized carbons (Fsp3) is 0.472. The molecule has 32 nitrogen and oxygen atoms in total. The highest BCUT2D eigenvalue weighted by Crippen LogP contribution is 2.39. The van der Waals surface area contributed by atoms with Gasteiger partial charge in [0.1, 0.15) is 62.6 Å². The summed E-state index contributed by atoms with van der Waals surface area (Å²) in [6.45, 7) is 48.2. The summed E-state index contributed by atoms with van der Waals surface area (Å²) in [5.74, 6) is -4.29. The monoisotopic (exact) mass is 1990 g/mol. The summed E-state index contributed by atoms with van der Waals surface area (Å²) in [5, 5.41) is 58.9. The number of amides is 8. The van der Waals surface area contributed by atoms with Gasteiger partial charge in [0, 0.05) is 123 Å². The Morgan fingerprint density at radius 3 is 0.826 bits per heavy atom. The maximum Gasteiger partial charge on any atom is 0.419 e. The molecule has 0 atom stereocenters. The molecule has 4 fully saturated rings. The zero-order valence-corrected chi connectivity index (χ0v) is 86.3. The average Bonchev–Trinajstić information content (AvgIpc) is 1.65. The van der Waals surface area contributed by atoms with Gasteiger partial charge in [0.2, 0.25) is 0 Å². The molecule has 0 bridgehead atoms. The number of carbonyl (C=O) groups excluding carboxylic acids is 8. The zero-order valence-electron chi connectivity index (χ0n) is 86.3. The van der Waals surface area contributed by atoms with Gasteiger partial charge in [0.15, 0.2) is 22.6 Å². The number of halogens is 6. The van der Waals surface area contributed by atoms with Crippen LogP contribution in [0.25, 0.3) is 67.6 Å². The van der Waals surface area contributed by atoms with Gasteiger partial charge in [0.05, 0.1) is 75.3 Å². The van der Waals surface area contributed by atoms with E-state index in [2.05, 4.69) is 44.1 Å². The quantitative estimate of drug-likeness (QED) is 0.0653. The number of carbonyl (C=O) groups is 8. The van der Waals surface area contributed by atoms with E-state index in [-0.39, 0.29) is 125 Å². The smallest absolute Gasteiger partial charge is 0.381 e. The summed E-state index contributed by atoms with van der Waals surface area (Å²) >= 11 is 0. The number of piperazine rings is 4. The molecule has 4 aliphatic rings. The minimum absolute atomic E-state index is 0.0910. The maximum atomic E-state index is 14.3. The lowest BCUT2D eigenvalue weighted by Gasteiger charge is -2.47. The molecule has 0 spiro atoms. The first-order valence-corrected chi connectivity index (χ1v) is 48.2. The zero-order chi connectivity index (χ0) is 106. The standard InChI is InChI=1S/C27H31F4N5O3.C27H34FN5O3.C26H32FN5O3.C26H33N5O3/c1-15(2)17-12-20(16-7-8-18(19(28)11-16)27(29,30)31)33-36-13-21(32-22(17)36)23(37)35-10-9-34(14-25(35,3)4)24(38)26(5,6)39;1-16(2)19-13-21(18-9-8-17(3)20(28)12-18)30-33-14-22(29-23(19)33)24(34)32-11-10-31(15-26(32,4)5)25(35)27(6,7)36;1-16(2)19-13-20(17-8-7-9-18(27)12-17)29-32-14-21(28-22(19)32)23(33)31-11-10-30(15-25(31,3)4)24(34)26(5,6)35;1-17(2)19-14-20(18-10-8-7-9-11-18)28-31-15-21(27-22(19)31)23(32)30-13-12-29(16-25(30,3)4)24(33)26(5,6)34/h7-8,11-13,15,39H,9-10,14H2,1-6H3;8-9,12-14,16,36H,10-11,15H2,1-7H3;7-9,12-14,16,35H,10-11,15H2,1-6H3;7-11,14-15,17,34H,12-13,16H2,1-6H3. The third-order valence-corrected chi connectivity index (χ3v) is 26.2. The van der Waals surface area contributed by atoms with Crippen LogP contribution in [0.3, 0.4) is 0 Å². The Bertz CT molecular complexity index is 6930. The number of fused-ring (bicyclic) bond motifs is 4. The lowest BCUT2D eigenvalue weighted by molar-refractivity contribution is -0.152. The van der Waals surface area contributed by atoms with Crippen LogP contribution >= 0.6 is 0 Å². The number of nitrogens with zero attached hydrogens (tertiary/aromatic N) is 20. The van der Waals surface area contributed by atoms with Crippen LogP contribution in [0.2, 0.25) is 0 Å². The Labute approximate surface area is 833 Å². The molecule has 12 heterocycles. The van der Waals surface area contributed by atoms with Crippen molar-refractivity contribution < 1.29 is 85.1 Å². The average molecular weight is 1990 g/mol. The molecule has 8 amide bonds. The highest BCUT2D eigenvalue weighted by Gasteiger charge is 2.48. The van der Waals surface area contributed by atoms with Crippen molar-refractivity contribution >= 4 is 69.8 Å². The molecule has 4 saturated heterocycles. The molecule has 0 aliphatic carbocycles. The summed E-state index contributed by atoms with van der Waals surface area (Å²) in [6.07, 6.45) is 1.54. The molecule has 38 heteroatoms. The van der Waals surface area contributed by atoms with Gasteiger partial charge >= 0.3 is 6.18 Å². The maximum absolute atomic E-state index is 14.3. The Morgan fingerprint density at radius 1 is 0.326 bits per heavy atom. The van der Waals surface area contributed by atoms with Crippen molar-refractivity contribution in [1.29, 1.82) is 0 Å². The van der Waals surface area contributed by atoms with Gasteiger partial charge in [-0.3, -0.25) is 38.4 Å². The summed E-state index contributed by atoms with van der Waals surface area (Å²) < 4.78 is 87.7. The van der Waals surface area contributed by atoms with Crippen molar-refractivity contribution in [3.8, 4) is 45.0 Å². The van der Waals surface area contributed by atoms with Gasteiger partial charge in [0.25, 0.3) is 47.3 Å². The van der Waals surface area contributed by atoms with Gasteiger partial charge in [-0.25, -0.2) is 51.2 Å². The Morgan fingerprint density at radius 2 is 0.583 bits per heavy atom. The molecule has 16 rings (SSSR count). The van der Waals surface area contributed by atoms with E-state index in [1.165, 1.54) is 89.2 Å². The molecule has 4 aromatic carbocycles. The Balaban J connectivity index is 0.000000161. The van der Waals surface area contributed by atoms with Crippen molar-refractivity contribution in [3.05, 3.63) is 214 Å². The first kappa shape index (κ1) is 108. The second-order valence-electron chi connectivity index (χ2n) is 43.4. The van der Waals surface area contributed by atoms with Crippen LogP contribution in [-0.4, -0.2) is 288 Å². The van der Waals surface area contributed by atoms with Crippen molar-refractivity contribution in [2.24, 2.45) is 0 Å². The first-order chi connectivity index (χ1) is 66.7. The largest absolute Gasteiger partial charge is 0.419 e. The van der Waals surface area contributed by atoms with E-state index in [1.807, 2.05) is 152 Å². The van der Waals surface area contributed by atoms with E-state index in [0.717, 1.165) is 40.1 Å². The number of aryl methyl sites for hydroxylation is 1. The SMILES string of the molecule is CC(C)c1cc(-c2ccc(C(F)(F)F)c(F)c2)nn2cc(C(=O)N3CCN(C(=O)C(C)(C)O)CC3(C)C)nc12.CC(C)c1cc(-c2cccc(F)c2)nn2cc(C(=O)N3CCN(C(=O)C(C)(C)O)CC3(C)C)nc12.CC(C)c1cc(-c2ccccc2)nn2cc(C(=O)N3CCN(C(=O)C(C)(C)O)CC3(C)C)nc12.Cc1ccc(-c2cc(C(C)C)c3nc(C(=O)N4CCN(C(=O)C(C)(C)O)CC4(C)C)cn3n2)cc1F. The predicted molar refractivity (Wildman–Crippen MR) is 532 cm³/mol. The second kappa shape index (κ2) is 40.3.